The van der Waals surface area contributed by atoms with E-state index >= 15 is 0 Å². The van der Waals surface area contributed by atoms with Crippen LogP contribution in [0.4, 0.5) is 5.82 Å². The van der Waals surface area contributed by atoms with E-state index in [-0.39, 0.29) is 12.0 Å². The number of benzene rings is 1. The van der Waals surface area contributed by atoms with Gasteiger partial charge in [-0.1, -0.05) is 50.1 Å². The zero-order valence-corrected chi connectivity index (χ0v) is 20.7. The van der Waals surface area contributed by atoms with Crippen LogP contribution in [0.1, 0.15) is 73.5 Å². The maximum Gasteiger partial charge on any atom is 0.251 e. The average molecular weight is 469 g/mol. The maximum atomic E-state index is 12.4. The van der Waals surface area contributed by atoms with E-state index in [0.29, 0.717) is 18.2 Å². The number of aromatic nitrogens is 2. The molecule has 2 fully saturated rings. The second kappa shape index (κ2) is 11.8. The Hall–Kier alpha value is -2.12. The monoisotopic (exact) mass is 468 g/mol. The van der Waals surface area contributed by atoms with Crippen LogP contribution in [0, 0.1) is 0 Å². The molecule has 1 aromatic heterocycles. The van der Waals surface area contributed by atoms with Gasteiger partial charge in [0.2, 0.25) is 0 Å². The van der Waals surface area contributed by atoms with Crippen molar-refractivity contribution in [3.63, 3.8) is 0 Å². The van der Waals surface area contributed by atoms with Gasteiger partial charge in [-0.2, -0.15) is 0 Å². The molecule has 1 atom stereocenters. The first-order valence-electron chi connectivity index (χ1n) is 12.3. The minimum Gasteiger partial charge on any atom is -0.376 e. The van der Waals surface area contributed by atoms with Gasteiger partial charge in [0.25, 0.3) is 5.91 Å². The summed E-state index contributed by atoms with van der Waals surface area (Å²) in [6.45, 7) is 3.53. The Balaban J connectivity index is 1.34. The summed E-state index contributed by atoms with van der Waals surface area (Å²) in [5.74, 6) is 1.77. The molecule has 1 aliphatic heterocycles. The van der Waals surface area contributed by atoms with Crippen molar-refractivity contribution in [1.82, 2.24) is 15.3 Å². The lowest BCUT2D eigenvalue weighted by Gasteiger charge is -2.32. The fourth-order valence-electron chi connectivity index (χ4n) is 4.56. The average Bonchev–Trinajstić information content (AvgIpc) is 3.40. The lowest BCUT2D eigenvalue weighted by Crippen LogP contribution is -2.34. The fourth-order valence-corrected chi connectivity index (χ4v) is 5.38. The topological polar surface area (TPSA) is 67.4 Å². The van der Waals surface area contributed by atoms with Gasteiger partial charge in [0.05, 0.1) is 6.10 Å². The first kappa shape index (κ1) is 24.0. The lowest BCUT2D eigenvalue weighted by atomic mass is 9.94. The molecular formula is C26H36N4O2S. The van der Waals surface area contributed by atoms with E-state index in [4.69, 9.17) is 14.7 Å². The molecule has 2 heterocycles. The number of aryl methyl sites for hydroxylation is 1. The predicted octanol–water partition coefficient (Wildman–Crippen LogP) is 5.01. The maximum absolute atomic E-state index is 12.4. The highest BCUT2D eigenvalue weighted by atomic mass is 32.2. The van der Waals surface area contributed by atoms with Crippen LogP contribution in [0.5, 0.6) is 0 Å². The molecule has 1 aliphatic carbocycles. The Kier molecular flexibility index (Phi) is 8.62. The second-order valence-corrected chi connectivity index (χ2v) is 10.0. The van der Waals surface area contributed by atoms with Crippen molar-refractivity contribution >= 4 is 23.5 Å². The summed E-state index contributed by atoms with van der Waals surface area (Å²) in [5, 5.41) is 3.81. The number of rotatable bonds is 9. The highest BCUT2D eigenvalue weighted by molar-refractivity contribution is 7.98. The summed E-state index contributed by atoms with van der Waals surface area (Å²) < 4.78 is 5.57. The van der Waals surface area contributed by atoms with E-state index in [2.05, 4.69) is 30.3 Å². The molecule has 0 radical (unpaired) electrons. The summed E-state index contributed by atoms with van der Waals surface area (Å²) in [6, 6.07) is 10.6. The van der Waals surface area contributed by atoms with E-state index < -0.39 is 0 Å². The van der Waals surface area contributed by atoms with Gasteiger partial charge in [-0.05, 0) is 49.8 Å². The standard InChI is InChI=1S/C26H36N4O2S/c1-3-21-16-24(30(2)22-8-5-4-6-9-22)29-26(28-21)33-18-19-11-13-20(14-12-19)25(31)27-17-23-10-7-15-32-23/h11-14,16,22-23H,3-10,15,17-18H2,1-2H3,(H,27,31). The molecule has 1 N–H and O–H groups in total. The molecule has 1 aromatic carbocycles. The Morgan fingerprint density at radius 3 is 2.61 bits per heavy atom. The quantitative estimate of drug-likeness (QED) is 0.412. The summed E-state index contributed by atoms with van der Waals surface area (Å²) in [6.07, 6.45) is 9.63. The van der Waals surface area contributed by atoms with Crippen LogP contribution in [0.3, 0.4) is 0 Å². The molecule has 4 rings (SSSR count). The summed E-state index contributed by atoms with van der Waals surface area (Å²) >= 11 is 1.66. The van der Waals surface area contributed by atoms with Gasteiger partial charge >= 0.3 is 0 Å². The molecular weight excluding hydrogens is 432 g/mol. The molecule has 6 nitrogen and oxygen atoms in total. The molecule has 1 amide bonds. The summed E-state index contributed by atoms with van der Waals surface area (Å²) in [5.41, 5.74) is 2.93. The van der Waals surface area contributed by atoms with Gasteiger partial charge in [0, 0.05) is 49.3 Å². The molecule has 7 heteroatoms. The van der Waals surface area contributed by atoms with Gasteiger partial charge in [-0.3, -0.25) is 4.79 Å². The zero-order chi connectivity index (χ0) is 23.0. The van der Waals surface area contributed by atoms with Crippen molar-refractivity contribution in [2.75, 3.05) is 25.1 Å². The molecule has 2 aliphatic rings. The van der Waals surface area contributed by atoms with Crippen LogP contribution in [-0.2, 0) is 16.9 Å². The molecule has 2 aromatic rings. The van der Waals surface area contributed by atoms with Crippen molar-refractivity contribution < 1.29 is 9.53 Å². The van der Waals surface area contributed by atoms with E-state index in [9.17, 15) is 4.79 Å². The molecule has 178 valence electrons. The third kappa shape index (κ3) is 6.70. The van der Waals surface area contributed by atoms with Crippen molar-refractivity contribution in [3.05, 3.63) is 47.2 Å². The number of anilines is 1. The number of amides is 1. The number of thioether (sulfide) groups is 1. The van der Waals surface area contributed by atoms with Crippen molar-refractivity contribution in [1.29, 1.82) is 0 Å². The molecule has 0 bridgehead atoms. The van der Waals surface area contributed by atoms with Gasteiger partial charge < -0.3 is 15.0 Å². The molecule has 1 saturated heterocycles. The molecule has 33 heavy (non-hydrogen) atoms. The predicted molar refractivity (Wildman–Crippen MR) is 134 cm³/mol. The molecule has 0 spiro atoms. The number of ether oxygens (including phenoxy) is 1. The van der Waals surface area contributed by atoms with E-state index in [0.717, 1.165) is 53.9 Å². The Labute approximate surface area is 201 Å². The lowest BCUT2D eigenvalue weighted by molar-refractivity contribution is 0.0858. The summed E-state index contributed by atoms with van der Waals surface area (Å²) in [4.78, 5) is 24.4. The van der Waals surface area contributed by atoms with Crippen LogP contribution in [0.2, 0.25) is 0 Å². The van der Waals surface area contributed by atoms with Crippen LogP contribution < -0.4 is 10.2 Å². The van der Waals surface area contributed by atoms with Gasteiger partial charge in [-0.25, -0.2) is 9.97 Å². The summed E-state index contributed by atoms with van der Waals surface area (Å²) in [7, 11) is 2.18. The number of hydrogen-bond donors (Lipinski definition) is 1. The highest BCUT2D eigenvalue weighted by Crippen LogP contribution is 2.28. The normalized spacial score (nSPS) is 18.9. The van der Waals surface area contributed by atoms with Crippen molar-refractivity contribution in [2.24, 2.45) is 0 Å². The van der Waals surface area contributed by atoms with Crippen LogP contribution in [-0.4, -0.2) is 48.2 Å². The third-order valence-electron chi connectivity index (χ3n) is 6.69. The number of nitrogens with zero attached hydrogens (tertiary/aromatic N) is 3. The highest BCUT2D eigenvalue weighted by Gasteiger charge is 2.20. The van der Waals surface area contributed by atoms with E-state index in [1.807, 2.05) is 24.3 Å². The van der Waals surface area contributed by atoms with Gasteiger partial charge in [0.15, 0.2) is 5.16 Å². The van der Waals surface area contributed by atoms with Crippen molar-refractivity contribution in [2.45, 2.75) is 81.3 Å². The minimum absolute atomic E-state index is 0.0425. The second-order valence-electron chi connectivity index (χ2n) is 9.09. The zero-order valence-electron chi connectivity index (χ0n) is 19.9. The minimum atomic E-state index is -0.0425. The van der Waals surface area contributed by atoms with Crippen LogP contribution in [0.15, 0.2) is 35.5 Å². The number of carbonyl (C=O) groups is 1. The van der Waals surface area contributed by atoms with Crippen LogP contribution >= 0.6 is 11.8 Å². The third-order valence-corrected chi connectivity index (χ3v) is 7.61. The largest absolute Gasteiger partial charge is 0.376 e. The Morgan fingerprint density at radius 2 is 1.91 bits per heavy atom. The number of hydrogen-bond acceptors (Lipinski definition) is 6. The van der Waals surface area contributed by atoms with Gasteiger partial charge in [-0.15, -0.1) is 0 Å². The smallest absolute Gasteiger partial charge is 0.251 e. The first-order chi connectivity index (χ1) is 16.1. The van der Waals surface area contributed by atoms with E-state index in [1.54, 1.807) is 11.8 Å². The Bertz CT molecular complexity index is 909. The first-order valence-corrected chi connectivity index (χ1v) is 13.3. The van der Waals surface area contributed by atoms with Crippen LogP contribution in [0.25, 0.3) is 0 Å². The fraction of sp³-hybridized carbons (Fsp3) is 0.577. The molecule has 1 saturated carbocycles. The Morgan fingerprint density at radius 1 is 1.12 bits per heavy atom. The van der Waals surface area contributed by atoms with Crippen molar-refractivity contribution in [3.8, 4) is 0 Å². The molecule has 1 unspecified atom stereocenters. The van der Waals surface area contributed by atoms with E-state index in [1.165, 1.54) is 32.1 Å². The SMILES string of the molecule is CCc1cc(N(C)C2CCCCC2)nc(SCc2ccc(C(=O)NCC3CCCO3)cc2)n1. The van der Waals surface area contributed by atoms with Gasteiger partial charge in [0.1, 0.15) is 5.82 Å². The number of nitrogens with one attached hydrogen (secondary N) is 1. The number of carbonyl (C=O) groups excluding carboxylic acids is 1.